The maximum absolute atomic E-state index is 13.4. The number of ether oxygens (including phenoxy) is 1. The molecule has 1 unspecified atom stereocenters. The number of amides is 3. The van der Waals surface area contributed by atoms with Crippen LogP contribution in [0, 0.1) is 0 Å². The van der Waals surface area contributed by atoms with Crippen LogP contribution in [-0.4, -0.2) is 62.3 Å². The van der Waals surface area contributed by atoms with Gasteiger partial charge in [0.05, 0.1) is 35.4 Å². The average Bonchev–Trinajstić information content (AvgIpc) is 3.49. The number of carbonyl (C=O) groups is 3. The van der Waals surface area contributed by atoms with Crippen molar-refractivity contribution < 1.29 is 19.1 Å². The zero-order chi connectivity index (χ0) is 28.2. The first-order chi connectivity index (χ1) is 19.1. The van der Waals surface area contributed by atoms with E-state index in [1.807, 2.05) is 43.8 Å². The predicted octanol–water partition coefficient (Wildman–Crippen LogP) is 4.50. The van der Waals surface area contributed by atoms with E-state index < -0.39 is 11.6 Å². The summed E-state index contributed by atoms with van der Waals surface area (Å²) in [5, 5.41) is 12.3. The number of allylic oxidation sites excluding steroid dienone is 1. The third-order valence-corrected chi connectivity index (χ3v) is 7.59. The fourth-order valence-electron chi connectivity index (χ4n) is 5.68. The molecule has 3 amide bonds. The van der Waals surface area contributed by atoms with Gasteiger partial charge in [0.25, 0.3) is 5.91 Å². The average molecular weight is 544 g/mol. The number of pyridine rings is 1. The van der Waals surface area contributed by atoms with Crippen molar-refractivity contribution in [2.75, 3.05) is 23.3 Å². The summed E-state index contributed by atoms with van der Waals surface area (Å²) in [7, 11) is 0. The Bertz CT molecular complexity index is 1530. The van der Waals surface area contributed by atoms with Crippen LogP contribution in [-0.2, 0) is 9.53 Å². The summed E-state index contributed by atoms with van der Waals surface area (Å²) in [6, 6.07) is 5.11. The molecular formula is C29H33N7O4. The smallest absolute Gasteiger partial charge is 0.410 e. The maximum atomic E-state index is 13.4. The molecule has 0 radical (unpaired) electrons. The Morgan fingerprint density at radius 2 is 1.93 bits per heavy atom. The van der Waals surface area contributed by atoms with Crippen LogP contribution in [0.2, 0.25) is 0 Å². The van der Waals surface area contributed by atoms with Gasteiger partial charge < -0.3 is 20.3 Å². The normalized spacial score (nSPS) is 19.8. The highest BCUT2D eigenvalue weighted by Crippen LogP contribution is 2.42. The molecule has 208 valence electrons. The molecule has 40 heavy (non-hydrogen) atoms. The van der Waals surface area contributed by atoms with E-state index in [2.05, 4.69) is 27.3 Å². The molecule has 1 atom stereocenters. The molecule has 1 aromatic carbocycles. The second kappa shape index (κ2) is 9.65. The van der Waals surface area contributed by atoms with E-state index in [4.69, 9.17) is 4.74 Å². The number of nitrogens with one attached hydrogen (secondary N) is 2. The van der Waals surface area contributed by atoms with E-state index in [-0.39, 0.29) is 23.9 Å². The zero-order valence-electron chi connectivity index (χ0n) is 22.9. The number of likely N-dealkylation sites (tertiary alicyclic amines) is 1. The van der Waals surface area contributed by atoms with Crippen molar-refractivity contribution in [1.29, 1.82) is 0 Å². The van der Waals surface area contributed by atoms with Crippen molar-refractivity contribution in [2.24, 2.45) is 0 Å². The van der Waals surface area contributed by atoms with E-state index in [0.717, 1.165) is 29.3 Å². The first-order valence-corrected chi connectivity index (χ1v) is 13.6. The number of carbonyl (C=O) groups excluding carboxylic acids is 3. The number of hydrogen-bond acceptors (Lipinski definition) is 7. The molecule has 0 bridgehead atoms. The van der Waals surface area contributed by atoms with Gasteiger partial charge in [-0.15, -0.1) is 0 Å². The molecule has 5 heterocycles. The van der Waals surface area contributed by atoms with Crippen molar-refractivity contribution >= 4 is 45.9 Å². The summed E-state index contributed by atoms with van der Waals surface area (Å²) < 4.78 is 7.43. The molecule has 2 N–H and O–H groups in total. The van der Waals surface area contributed by atoms with Gasteiger partial charge in [0.15, 0.2) is 0 Å². The summed E-state index contributed by atoms with van der Waals surface area (Å²) in [5.74, 6) is 0.186. The van der Waals surface area contributed by atoms with Crippen LogP contribution in [0.25, 0.3) is 10.8 Å². The molecule has 0 saturated carbocycles. The van der Waals surface area contributed by atoms with Gasteiger partial charge in [0.1, 0.15) is 17.5 Å². The molecule has 0 spiro atoms. The predicted molar refractivity (Wildman–Crippen MR) is 150 cm³/mol. The summed E-state index contributed by atoms with van der Waals surface area (Å²) in [5.41, 5.74) is 2.12. The number of anilines is 3. The fraction of sp³-hybridized carbons (Fsp3) is 0.414. The Morgan fingerprint density at radius 3 is 2.65 bits per heavy atom. The lowest BCUT2D eigenvalue weighted by Gasteiger charge is -2.33. The van der Waals surface area contributed by atoms with Gasteiger partial charge in [-0.05, 0) is 52.5 Å². The summed E-state index contributed by atoms with van der Waals surface area (Å²) in [6.45, 7) is 10.7. The van der Waals surface area contributed by atoms with Crippen LogP contribution in [0.4, 0.5) is 22.0 Å². The van der Waals surface area contributed by atoms with Crippen LogP contribution < -0.4 is 15.5 Å². The molecule has 3 aromatic rings. The largest absolute Gasteiger partial charge is 0.444 e. The van der Waals surface area contributed by atoms with Crippen LogP contribution in [0.15, 0.2) is 49.1 Å². The Morgan fingerprint density at radius 1 is 1.15 bits per heavy atom. The Hall–Kier alpha value is -4.41. The van der Waals surface area contributed by atoms with Crippen LogP contribution >= 0.6 is 0 Å². The van der Waals surface area contributed by atoms with Crippen molar-refractivity contribution in [3.63, 3.8) is 0 Å². The minimum absolute atomic E-state index is 0.166. The van der Waals surface area contributed by atoms with Gasteiger partial charge in [-0.1, -0.05) is 18.7 Å². The molecule has 11 heteroatoms. The quantitative estimate of drug-likeness (QED) is 0.497. The molecular weight excluding hydrogens is 510 g/mol. The van der Waals surface area contributed by atoms with Gasteiger partial charge in [0.2, 0.25) is 5.91 Å². The number of benzene rings is 1. The standard InChI is InChI=1S/C29H33N7O4/c1-17-8-9-22(26(37)32-17)36-23-15-30-25(20-6-5-7-21(24(20)23)27(36)38)33-18-14-31-35(16-18)19-10-12-34(13-11-19)28(39)40-29(2,3)4/h5-7,14-16,19,22H,1,8-13H2,2-4H3,(H,30,33)(H,32,37). The number of piperidine rings is 2. The van der Waals surface area contributed by atoms with Gasteiger partial charge in [-0.3, -0.25) is 19.2 Å². The Balaban J connectivity index is 1.19. The van der Waals surface area contributed by atoms with Crippen LogP contribution in [0.1, 0.15) is 62.9 Å². The second-order valence-electron chi connectivity index (χ2n) is 11.6. The molecule has 6 rings (SSSR count). The summed E-state index contributed by atoms with van der Waals surface area (Å²) in [6.07, 6.45) is 7.76. The summed E-state index contributed by atoms with van der Waals surface area (Å²) in [4.78, 5) is 46.5. The van der Waals surface area contributed by atoms with Crippen LogP contribution in [0.5, 0.6) is 0 Å². The topological polar surface area (TPSA) is 122 Å². The number of hydrogen-bond donors (Lipinski definition) is 2. The number of rotatable bonds is 4. The monoisotopic (exact) mass is 543 g/mol. The first kappa shape index (κ1) is 25.8. The fourth-order valence-corrected chi connectivity index (χ4v) is 5.68. The zero-order valence-corrected chi connectivity index (χ0v) is 22.9. The highest BCUT2D eigenvalue weighted by molar-refractivity contribution is 6.27. The number of aromatic nitrogens is 3. The maximum Gasteiger partial charge on any atom is 0.410 e. The lowest BCUT2D eigenvalue weighted by Crippen LogP contribution is -2.51. The number of nitrogens with zero attached hydrogens (tertiary/aromatic N) is 5. The van der Waals surface area contributed by atoms with Gasteiger partial charge in [0, 0.05) is 35.8 Å². The molecule has 0 aliphatic carbocycles. The second-order valence-corrected chi connectivity index (χ2v) is 11.6. The third kappa shape index (κ3) is 4.65. The minimum Gasteiger partial charge on any atom is -0.444 e. The minimum atomic E-state index is -0.603. The molecule has 2 saturated heterocycles. The van der Waals surface area contributed by atoms with E-state index in [1.165, 1.54) is 0 Å². The van der Waals surface area contributed by atoms with E-state index in [0.29, 0.717) is 48.7 Å². The van der Waals surface area contributed by atoms with Crippen LogP contribution in [0.3, 0.4) is 0 Å². The highest BCUT2D eigenvalue weighted by atomic mass is 16.6. The van der Waals surface area contributed by atoms with Gasteiger partial charge in [-0.25, -0.2) is 9.78 Å². The van der Waals surface area contributed by atoms with E-state index in [1.54, 1.807) is 28.3 Å². The molecule has 11 nitrogen and oxygen atoms in total. The van der Waals surface area contributed by atoms with E-state index in [9.17, 15) is 14.4 Å². The summed E-state index contributed by atoms with van der Waals surface area (Å²) >= 11 is 0. The SMILES string of the molecule is C=C1CCC(N2C(=O)c3cccc4c(Nc5cnn(C6CCN(C(=O)OC(C)(C)C)CC6)c5)ncc2c34)C(=O)N1. The third-order valence-electron chi connectivity index (χ3n) is 7.59. The molecule has 2 fully saturated rings. The first-order valence-electron chi connectivity index (χ1n) is 13.6. The van der Waals surface area contributed by atoms with Crippen molar-refractivity contribution in [2.45, 2.75) is 64.1 Å². The highest BCUT2D eigenvalue weighted by Gasteiger charge is 2.40. The molecule has 3 aliphatic rings. The lowest BCUT2D eigenvalue weighted by atomic mass is 10.0. The van der Waals surface area contributed by atoms with Gasteiger partial charge >= 0.3 is 6.09 Å². The lowest BCUT2D eigenvalue weighted by molar-refractivity contribution is -0.122. The van der Waals surface area contributed by atoms with Crippen molar-refractivity contribution in [1.82, 2.24) is 25.0 Å². The Kier molecular flexibility index (Phi) is 6.24. The Labute approximate surface area is 232 Å². The van der Waals surface area contributed by atoms with Crippen molar-refractivity contribution in [3.05, 3.63) is 54.6 Å². The molecule has 2 aromatic heterocycles. The van der Waals surface area contributed by atoms with Gasteiger partial charge in [-0.2, -0.15) is 5.10 Å². The molecule has 3 aliphatic heterocycles. The van der Waals surface area contributed by atoms with E-state index >= 15 is 0 Å². The van der Waals surface area contributed by atoms with Crippen molar-refractivity contribution in [3.8, 4) is 0 Å².